The first kappa shape index (κ1) is 31.4. The molecule has 7 rings (SSSR count). The molecule has 2 amide bonds. The Bertz CT molecular complexity index is 1760. The van der Waals surface area contributed by atoms with Gasteiger partial charge in [-0.3, -0.25) is 9.88 Å². The number of rotatable bonds is 8. The Morgan fingerprint density at radius 3 is 2.55 bits per heavy atom. The summed E-state index contributed by atoms with van der Waals surface area (Å²) in [6.07, 6.45) is 1.98. The molecule has 47 heavy (non-hydrogen) atoms. The highest BCUT2D eigenvalue weighted by Gasteiger charge is 2.35. The Hall–Kier alpha value is -4.16. The van der Waals surface area contributed by atoms with Crippen molar-refractivity contribution in [2.24, 2.45) is 0 Å². The fraction of sp³-hybridized carbons (Fsp3) is 0.457. The number of pyridine rings is 2. The Morgan fingerprint density at radius 2 is 1.83 bits per heavy atom. The fourth-order valence-electron chi connectivity index (χ4n) is 6.77. The predicted molar refractivity (Wildman–Crippen MR) is 174 cm³/mol. The van der Waals surface area contributed by atoms with Crippen molar-refractivity contribution in [2.75, 3.05) is 44.6 Å². The molecule has 0 bridgehead atoms. The van der Waals surface area contributed by atoms with E-state index in [0.717, 1.165) is 67.5 Å². The number of benzene rings is 1. The fourth-order valence-corrected chi connectivity index (χ4v) is 6.77. The van der Waals surface area contributed by atoms with Gasteiger partial charge in [-0.15, -0.1) is 0 Å². The summed E-state index contributed by atoms with van der Waals surface area (Å²) in [7, 11) is 0. The Kier molecular flexibility index (Phi) is 8.56. The van der Waals surface area contributed by atoms with Crippen molar-refractivity contribution in [2.45, 2.75) is 64.2 Å². The number of H-pyrrole nitrogens is 1. The van der Waals surface area contributed by atoms with E-state index in [9.17, 15) is 18.0 Å². The SMILES string of the molecule is CC[C@H]1CN(C(=O)Nc2ccc(CN3CCN(CC)CC3)c(C(F)(F)F)c2)Cc2cc(Oc3ccnc4[nH]c(C5CC5)cc34)cnc21. The van der Waals surface area contributed by atoms with Crippen molar-refractivity contribution in [3.8, 4) is 11.5 Å². The maximum atomic E-state index is 14.2. The number of carbonyl (C=O) groups excluding carboxylic acids is 1. The van der Waals surface area contributed by atoms with E-state index in [2.05, 4.69) is 38.1 Å². The smallest absolute Gasteiger partial charge is 0.416 e. The highest BCUT2D eigenvalue weighted by Crippen LogP contribution is 2.42. The summed E-state index contributed by atoms with van der Waals surface area (Å²) in [6, 6.07) is 9.50. The first-order valence-corrected chi connectivity index (χ1v) is 16.5. The number of hydrogen-bond acceptors (Lipinski definition) is 6. The van der Waals surface area contributed by atoms with E-state index in [-0.39, 0.29) is 30.3 Å². The van der Waals surface area contributed by atoms with Gasteiger partial charge in [0.25, 0.3) is 0 Å². The number of halogens is 3. The number of amides is 2. The molecule has 1 saturated carbocycles. The molecule has 3 aliphatic rings. The van der Waals surface area contributed by atoms with E-state index in [4.69, 9.17) is 9.72 Å². The number of likely N-dealkylation sites (N-methyl/N-ethyl adjacent to an activating group) is 1. The van der Waals surface area contributed by atoms with Gasteiger partial charge in [-0.05, 0) is 73.2 Å². The van der Waals surface area contributed by atoms with Gasteiger partial charge in [0.05, 0.1) is 22.8 Å². The van der Waals surface area contributed by atoms with Crippen molar-refractivity contribution in [3.05, 3.63) is 76.9 Å². The van der Waals surface area contributed by atoms with Crippen molar-refractivity contribution in [3.63, 3.8) is 0 Å². The molecule has 2 N–H and O–H groups in total. The van der Waals surface area contributed by atoms with Gasteiger partial charge in [0, 0.05) is 69.3 Å². The number of piperazine rings is 1. The summed E-state index contributed by atoms with van der Waals surface area (Å²) < 4.78 is 48.9. The topological polar surface area (TPSA) is 89.6 Å². The summed E-state index contributed by atoms with van der Waals surface area (Å²) in [5.74, 6) is 1.75. The summed E-state index contributed by atoms with van der Waals surface area (Å²) in [6.45, 7) is 9.08. The maximum absolute atomic E-state index is 14.2. The Morgan fingerprint density at radius 1 is 1.04 bits per heavy atom. The number of nitrogens with one attached hydrogen (secondary N) is 2. The lowest BCUT2D eigenvalue weighted by atomic mass is 9.92. The number of aromatic nitrogens is 3. The second-order valence-corrected chi connectivity index (χ2v) is 12.9. The molecule has 9 nitrogen and oxygen atoms in total. The molecule has 12 heteroatoms. The van der Waals surface area contributed by atoms with Gasteiger partial charge in [0.15, 0.2) is 0 Å². The zero-order valence-corrected chi connectivity index (χ0v) is 26.7. The van der Waals surface area contributed by atoms with Crippen LogP contribution in [0.2, 0.25) is 0 Å². The van der Waals surface area contributed by atoms with Crippen LogP contribution >= 0.6 is 0 Å². The highest BCUT2D eigenvalue weighted by atomic mass is 19.4. The summed E-state index contributed by atoms with van der Waals surface area (Å²) >= 11 is 0. The average Bonchev–Trinajstić information content (AvgIpc) is 3.83. The second kappa shape index (κ2) is 12.8. The number of hydrogen-bond donors (Lipinski definition) is 2. The molecule has 2 fully saturated rings. The largest absolute Gasteiger partial charge is 0.455 e. The standard InChI is InChI=1S/C35H40F3N7O2/c1-3-22-20-45(34(46)41-26-8-7-24(29(16-26)35(36,37)38)19-44-13-11-43(4-2)12-14-44)21-25-15-27(18-40-32(22)25)47-31-9-10-39-33-28(31)17-30(42-33)23-5-6-23/h7-10,15-18,22-23H,3-6,11-14,19-21H2,1-2H3,(H,39,42)(H,41,46)/t22-/m0/s1. The molecule has 4 aromatic rings. The van der Waals surface area contributed by atoms with Crippen molar-refractivity contribution in [1.29, 1.82) is 0 Å². The van der Waals surface area contributed by atoms with Crippen LogP contribution in [0, 0.1) is 0 Å². The van der Waals surface area contributed by atoms with E-state index in [0.29, 0.717) is 24.0 Å². The molecule has 3 aromatic heterocycles. The minimum absolute atomic E-state index is 0.0155. The number of alkyl halides is 3. The van der Waals surface area contributed by atoms with Crippen LogP contribution in [0.5, 0.6) is 11.5 Å². The minimum Gasteiger partial charge on any atom is -0.455 e. The van der Waals surface area contributed by atoms with Crippen molar-refractivity contribution >= 4 is 22.8 Å². The quantitative estimate of drug-likeness (QED) is 0.208. The van der Waals surface area contributed by atoms with Crippen LogP contribution in [-0.4, -0.2) is 75.0 Å². The molecular formula is C35H40F3N7O2. The number of fused-ring (bicyclic) bond motifs is 2. The Balaban J connectivity index is 1.07. The lowest BCUT2D eigenvalue weighted by Crippen LogP contribution is -2.45. The van der Waals surface area contributed by atoms with Crippen LogP contribution in [0.15, 0.2) is 48.8 Å². The van der Waals surface area contributed by atoms with Gasteiger partial charge in [0.2, 0.25) is 0 Å². The van der Waals surface area contributed by atoms with Gasteiger partial charge in [-0.25, -0.2) is 9.78 Å². The Labute approximate surface area is 272 Å². The van der Waals surface area contributed by atoms with Crippen LogP contribution in [0.4, 0.5) is 23.7 Å². The van der Waals surface area contributed by atoms with E-state index in [1.165, 1.54) is 24.6 Å². The molecule has 1 aliphatic carbocycles. The van der Waals surface area contributed by atoms with Crippen LogP contribution in [0.3, 0.4) is 0 Å². The lowest BCUT2D eigenvalue weighted by Gasteiger charge is -2.34. The normalized spacial score (nSPS) is 19.2. The number of aromatic amines is 1. The molecule has 1 saturated heterocycles. The van der Waals surface area contributed by atoms with E-state index in [1.807, 2.05) is 19.1 Å². The third-order valence-corrected chi connectivity index (χ3v) is 9.68. The van der Waals surface area contributed by atoms with Crippen LogP contribution in [-0.2, 0) is 19.3 Å². The van der Waals surface area contributed by atoms with Crippen molar-refractivity contribution in [1.82, 2.24) is 29.7 Å². The number of urea groups is 1. The van der Waals surface area contributed by atoms with Crippen molar-refractivity contribution < 1.29 is 22.7 Å². The maximum Gasteiger partial charge on any atom is 0.416 e. The predicted octanol–water partition coefficient (Wildman–Crippen LogP) is 7.33. The zero-order valence-electron chi connectivity index (χ0n) is 26.7. The van der Waals surface area contributed by atoms with Gasteiger partial charge in [-0.1, -0.05) is 19.9 Å². The molecule has 2 aliphatic heterocycles. The average molecular weight is 648 g/mol. The first-order chi connectivity index (χ1) is 22.7. The molecule has 1 aromatic carbocycles. The summed E-state index contributed by atoms with van der Waals surface area (Å²) in [5, 5.41) is 3.64. The van der Waals surface area contributed by atoms with E-state index in [1.54, 1.807) is 23.4 Å². The molecule has 1 atom stereocenters. The zero-order chi connectivity index (χ0) is 32.7. The lowest BCUT2D eigenvalue weighted by molar-refractivity contribution is -0.138. The minimum atomic E-state index is -4.54. The third-order valence-electron chi connectivity index (χ3n) is 9.68. The number of anilines is 1. The monoisotopic (exact) mass is 647 g/mol. The highest BCUT2D eigenvalue weighted by molar-refractivity contribution is 5.89. The molecule has 248 valence electrons. The third kappa shape index (κ3) is 6.80. The molecule has 0 spiro atoms. The number of ether oxygens (including phenoxy) is 1. The molecular weight excluding hydrogens is 607 g/mol. The molecule has 0 unspecified atom stereocenters. The second-order valence-electron chi connectivity index (χ2n) is 12.9. The van der Waals surface area contributed by atoms with Crippen LogP contribution < -0.4 is 10.1 Å². The number of nitrogens with zero attached hydrogens (tertiary/aromatic N) is 5. The van der Waals surface area contributed by atoms with Gasteiger partial charge in [0.1, 0.15) is 17.1 Å². The van der Waals surface area contributed by atoms with Gasteiger partial charge >= 0.3 is 12.2 Å². The van der Waals surface area contributed by atoms with E-state index < -0.39 is 17.8 Å². The molecule has 0 radical (unpaired) electrons. The first-order valence-electron chi connectivity index (χ1n) is 16.5. The summed E-state index contributed by atoms with van der Waals surface area (Å²) in [5.41, 5.74) is 3.32. The van der Waals surface area contributed by atoms with Crippen LogP contribution in [0.25, 0.3) is 11.0 Å². The number of carbonyl (C=O) groups is 1. The van der Waals surface area contributed by atoms with Gasteiger partial charge < -0.3 is 24.8 Å². The summed E-state index contributed by atoms with van der Waals surface area (Å²) in [4.78, 5) is 32.1. The molecule has 5 heterocycles. The van der Waals surface area contributed by atoms with Crippen LogP contribution in [0.1, 0.15) is 73.0 Å². The van der Waals surface area contributed by atoms with Gasteiger partial charge in [-0.2, -0.15) is 13.2 Å². The van der Waals surface area contributed by atoms with E-state index >= 15 is 0 Å².